The summed E-state index contributed by atoms with van der Waals surface area (Å²) in [5.74, 6) is -1.04. The first kappa shape index (κ1) is 14.2. The molecule has 0 heterocycles. The first-order valence-electron chi connectivity index (χ1n) is 5.68. The van der Waals surface area contributed by atoms with Crippen LogP contribution in [0.2, 0.25) is 5.02 Å². The SMILES string of the molecule is Cc1cccc(C)c1C(=O)c1ccc(Br)c(Cl)c1F. The average molecular weight is 342 g/mol. The standard InChI is InChI=1S/C15H11BrClFO/c1-8-4-3-5-9(2)12(8)15(19)10-6-7-11(16)13(17)14(10)18/h3-7H,1-2H3. The zero-order valence-corrected chi connectivity index (χ0v) is 12.8. The normalized spacial score (nSPS) is 10.6. The molecule has 1 nitrogen and oxygen atoms in total. The highest BCUT2D eigenvalue weighted by Gasteiger charge is 2.20. The maximum absolute atomic E-state index is 14.1. The van der Waals surface area contributed by atoms with Crippen LogP contribution < -0.4 is 0 Å². The van der Waals surface area contributed by atoms with Gasteiger partial charge < -0.3 is 0 Å². The van der Waals surface area contributed by atoms with Crippen LogP contribution in [0.5, 0.6) is 0 Å². The topological polar surface area (TPSA) is 17.1 Å². The molecule has 0 saturated carbocycles. The molecule has 98 valence electrons. The lowest BCUT2D eigenvalue weighted by Gasteiger charge is -2.10. The predicted octanol–water partition coefficient (Wildman–Crippen LogP) is 5.09. The van der Waals surface area contributed by atoms with E-state index in [1.54, 1.807) is 6.07 Å². The summed E-state index contributed by atoms with van der Waals surface area (Å²) in [7, 11) is 0. The maximum Gasteiger partial charge on any atom is 0.196 e. The highest BCUT2D eigenvalue weighted by atomic mass is 79.9. The van der Waals surface area contributed by atoms with E-state index in [-0.39, 0.29) is 16.4 Å². The van der Waals surface area contributed by atoms with Crippen LogP contribution in [0.1, 0.15) is 27.0 Å². The third-order valence-corrected chi connectivity index (χ3v) is 4.25. The Bertz CT molecular complexity index is 647. The number of ketones is 1. The summed E-state index contributed by atoms with van der Waals surface area (Å²) in [6, 6.07) is 8.55. The van der Waals surface area contributed by atoms with E-state index in [2.05, 4.69) is 15.9 Å². The fourth-order valence-corrected chi connectivity index (χ4v) is 2.48. The molecule has 0 aliphatic carbocycles. The van der Waals surface area contributed by atoms with Gasteiger partial charge in [-0.3, -0.25) is 4.79 Å². The maximum atomic E-state index is 14.1. The quantitative estimate of drug-likeness (QED) is 0.549. The number of halogens is 3. The first-order chi connectivity index (χ1) is 8.93. The van der Waals surface area contributed by atoms with Crippen LogP contribution in [0.15, 0.2) is 34.8 Å². The second-order valence-corrected chi connectivity index (χ2v) is 5.55. The average Bonchev–Trinajstić information content (AvgIpc) is 2.35. The van der Waals surface area contributed by atoms with Gasteiger partial charge in [-0.15, -0.1) is 0 Å². The van der Waals surface area contributed by atoms with Gasteiger partial charge in [0.15, 0.2) is 11.6 Å². The van der Waals surface area contributed by atoms with E-state index in [1.807, 2.05) is 32.0 Å². The van der Waals surface area contributed by atoms with Crippen LogP contribution in [-0.2, 0) is 0 Å². The Kier molecular flexibility index (Phi) is 4.07. The Balaban J connectivity index is 2.60. The van der Waals surface area contributed by atoms with Crippen molar-refractivity contribution >= 4 is 33.3 Å². The molecular weight excluding hydrogens is 331 g/mol. The Morgan fingerprint density at radius 2 is 1.74 bits per heavy atom. The predicted molar refractivity (Wildman–Crippen MR) is 78.5 cm³/mol. The van der Waals surface area contributed by atoms with Crippen LogP contribution in [0.3, 0.4) is 0 Å². The molecule has 0 N–H and O–H groups in total. The first-order valence-corrected chi connectivity index (χ1v) is 6.85. The summed E-state index contributed by atoms with van der Waals surface area (Å²) in [4.78, 5) is 12.5. The molecule has 2 aromatic rings. The summed E-state index contributed by atoms with van der Waals surface area (Å²) in [5, 5.41) is -0.0721. The van der Waals surface area contributed by atoms with E-state index in [1.165, 1.54) is 6.07 Å². The number of hydrogen-bond acceptors (Lipinski definition) is 1. The van der Waals surface area contributed by atoms with Gasteiger partial charge in [-0.2, -0.15) is 0 Å². The molecule has 19 heavy (non-hydrogen) atoms. The van der Waals surface area contributed by atoms with Gasteiger partial charge in [0, 0.05) is 10.0 Å². The molecule has 0 aliphatic rings. The molecule has 0 amide bonds. The molecular formula is C15H11BrClFO. The lowest BCUT2D eigenvalue weighted by molar-refractivity contribution is 0.103. The molecule has 2 rings (SSSR count). The highest BCUT2D eigenvalue weighted by Crippen LogP contribution is 2.29. The zero-order valence-electron chi connectivity index (χ0n) is 10.4. The summed E-state index contributed by atoms with van der Waals surface area (Å²) >= 11 is 8.95. The molecule has 0 bridgehead atoms. The number of rotatable bonds is 2. The summed E-state index contributed by atoms with van der Waals surface area (Å²) in [6.45, 7) is 3.66. The Labute approximate surface area is 124 Å². The molecule has 0 radical (unpaired) electrons. The molecule has 0 aliphatic heterocycles. The summed E-state index contributed by atoms with van der Waals surface area (Å²) in [6.07, 6.45) is 0. The third-order valence-electron chi connectivity index (χ3n) is 2.99. The number of carbonyl (C=O) groups is 1. The number of aryl methyl sites for hydroxylation is 2. The fourth-order valence-electron chi connectivity index (χ4n) is 2.01. The Morgan fingerprint density at radius 1 is 1.16 bits per heavy atom. The summed E-state index contributed by atoms with van der Waals surface area (Å²) < 4.78 is 14.5. The second kappa shape index (κ2) is 5.43. The van der Waals surface area contributed by atoms with E-state index in [0.29, 0.717) is 10.0 Å². The van der Waals surface area contributed by atoms with Crippen molar-refractivity contribution in [3.8, 4) is 0 Å². The third kappa shape index (κ3) is 2.58. The molecule has 2 aromatic carbocycles. The van der Waals surface area contributed by atoms with Gasteiger partial charge in [-0.05, 0) is 53.0 Å². The minimum absolute atomic E-state index is 0.00870. The van der Waals surface area contributed by atoms with E-state index in [9.17, 15) is 9.18 Å². The van der Waals surface area contributed by atoms with Crippen molar-refractivity contribution < 1.29 is 9.18 Å². The van der Waals surface area contributed by atoms with Crippen molar-refractivity contribution in [1.29, 1.82) is 0 Å². The van der Waals surface area contributed by atoms with Crippen molar-refractivity contribution in [3.63, 3.8) is 0 Å². The lowest BCUT2D eigenvalue weighted by Crippen LogP contribution is -2.08. The van der Waals surface area contributed by atoms with Crippen molar-refractivity contribution in [2.45, 2.75) is 13.8 Å². The molecule has 0 aromatic heterocycles. The van der Waals surface area contributed by atoms with E-state index in [4.69, 9.17) is 11.6 Å². The monoisotopic (exact) mass is 340 g/mol. The Morgan fingerprint density at radius 3 is 2.32 bits per heavy atom. The molecule has 4 heteroatoms. The fraction of sp³-hybridized carbons (Fsp3) is 0.133. The molecule has 0 fully saturated rings. The van der Waals surface area contributed by atoms with Gasteiger partial charge in [-0.25, -0.2) is 4.39 Å². The minimum atomic E-state index is -0.691. The van der Waals surface area contributed by atoms with Crippen LogP contribution in [0.4, 0.5) is 4.39 Å². The van der Waals surface area contributed by atoms with E-state index < -0.39 is 5.82 Å². The van der Waals surface area contributed by atoms with Crippen molar-refractivity contribution in [2.75, 3.05) is 0 Å². The van der Waals surface area contributed by atoms with Crippen LogP contribution >= 0.6 is 27.5 Å². The van der Waals surface area contributed by atoms with Gasteiger partial charge in [0.25, 0.3) is 0 Å². The molecule has 0 saturated heterocycles. The zero-order chi connectivity index (χ0) is 14.2. The molecule has 0 atom stereocenters. The lowest BCUT2D eigenvalue weighted by atomic mass is 9.95. The summed E-state index contributed by atoms with van der Waals surface area (Å²) in [5.41, 5.74) is 2.16. The second-order valence-electron chi connectivity index (χ2n) is 4.32. The van der Waals surface area contributed by atoms with Crippen LogP contribution in [0, 0.1) is 19.7 Å². The highest BCUT2D eigenvalue weighted by molar-refractivity contribution is 9.10. The van der Waals surface area contributed by atoms with Gasteiger partial charge in [0.1, 0.15) is 0 Å². The smallest absolute Gasteiger partial charge is 0.196 e. The molecule has 0 spiro atoms. The van der Waals surface area contributed by atoms with E-state index in [0.717, 1.165) is 11.1 Å². The van der Waals surface area contributed by atoms with Crippen molar-refractivity contribution in [2.24, 2.45) is 0 Å². The van der Waals surface area contributed by atoms with Crippen molar-refractivity contribution in [1.82, 2.24) is 0 Å². The Hall–Kier alpha value is -1.19. The van der Waals surface area contributed by atoms with Gasteiger partial charge in [0.05, 0.1) is 10.6 Å². The van der Waals surface area contributed by atoms with Crippen molar-refractivity contribution in [3.05, 3.63) is 67.9 Å². The van der Waals surface area contributed by atoms with Gasteiger partial charge in [0.2, 0.25) is 0 Å². The van der Waals surface area contributed by atoms with Crippen LogP contribution in [-0.4, -0.2) is 5.78 Å². The van der Waals surface area contributed by atoms with E-state index >= 15 is 0 Å². The largest absolute Gasteiger partial charge is 0.288 e. The van der Waals surface area contributed by atoms with Gasteiger partial charge in [-0.1, -0.05) is 29.8 Å². The number of benzene rings is 2. The number of carbonyl (C=O) groups excluding carboxylic acids is 1. The number of hydrogen-bond donors (Lipinski definition) is 0. The minimum Gasteiger partial charge on any atom is -0.288 e. The van der Waals surface area contributed by atoms with Gasteiger partial charge >= 0.3 is 0 Å². The molecule has 0 unspecified atom stereocenters. The van der Waals surface area contributed by atoms with Crippen LogP contribution in [0.25, 0.3) is 0 Å².